The van der Waals surface area contributed by atoms with Crippen LogP contribution in [-0.2, 0) is 13.5 Å². The summed E-state index contributed by atoms with van der Waals surface area (Å²) in [4.78, 5) is 0. The number of aliphatic hydroxyl groups excluding tert-OH is 1. The van der Waals surface area contributed by atoms with Crippen molar-refractivity contribution < 1.29 is 5.11 Å². The number of hydrogen-bond acceptors (Lipinski definition) is 2. The number of hydrogen-bond donors (Lipinski definition) is 1. The fourth-order valence-electron chi connectivity index (χ4n) is 1.00. The van der Waals surface area contributed by atoms with Crippen LogP contribution in [0, 0.1) is 0 Å². The van der Waals surface area contributed by atoms with Gasteiger partial charge in [-0.25, -0.2) is 0 Å². The van der Waals surface area contributed by atoms with Crippen molar-refractivity contribution in [3.05, 3.63) is 18.0 Å². The first-order valence-electron chi connectivity index (χ1n) is 3.85. The third kappa shape index (κ3) is 2.35. The Labute approximate surface area is 66.7 Å². The van der Waals surface area contributed by atoms with Crippen LogP contribution < -0.4 is 0 Å². The molecule has 62 valence electrons. The van der Waals surface area contributed by atoms with Crippen LogP contribution in [0.5, 0.6) is 0 Å². The van der Waals surface area contributed by atoms with Gasteiger partial charge in [-0.1, -0.05) is 0 Å². The first-order valence-corrected chi connectivity index (χ1v) is 3.85. The van der Waals surface area contributed by atoms with E-state index in [0.29, 0.717) is 0 Å². The molecule has 3 heteroatoms. The first-order chi connectivity index (χ1) is 5.20. The SMILES string of the molecule is CC(O)CCc1ccnn1C. The van der Waals surface area contributed by atoms with Gasteiger partial charge in [-0.05, 0) is 25.8 Å². The van der Waals surface area contributed by atoms with E-state index in [9.17, 15) is 0 Å². The molecule has 3 nitrogen and oxygen atoms in total. The second kappa shape index (κ2) is 3.53. The van der Waals surface area contributed by atoms with Crippen molar-refractivity contribution in [2.45, 2.75) is 25.9 Å². The molecule has 0 aromatic carbocycles. The zero-order valence-electron chi connectivity index (χ0n) is 6.99. The molecule has 0 fully saturated rings. The molecule has 1 atom stereocenters. The maximum Gasteiger partial charge on any atom is 0.0515 e. The number of rotatable bonds is 3. The van der Waals surface area contributed by atoms with E-state index in [-0.39, 0.29) is 6.10 Å². The van der Waals surface area contributed by atoms with Crippen LogP contribution in [0.15, 0.2) is 12.3 Å². The van der Waals surface area contributed by atoms with Gasteiger partial charge in [-0.15, -0.1) is 0 Å². The third-order valence-electron chi connectivity index (χ3n) is 1.74. The van der Waals surface area contributed by atoms with E-state index >= 15 is 0 Å². The standard InChI is InChI=1S/C8H14N2O/c1-7(11)3-4-8-5-6-9-10(8)2/h5-7,11H,3-4H2,1-2H3. The molecule has 1 heterocycles. The van der Waals surface area contributed by atoms with Crippen molar-refractivity contribution in [2.24, 2.45) is 7.05 Å². The molecule has 1 aromatic rings. The summed E-state index contributed by atoms with van der Waals surface area (Å²) in [7, 11) is 1.91. The topological polar surface area (TPSA) is 38.1 Å². The van der Waals surface area contributed by atoms with Gasteiger partial charge in [0.25, 0.3) is 0 Å². The van der Waals surface area contributed by atoms with Crippen LogP contribution in [-0.4, -0.2) is 21.0 Å². The largest absolute Gasteiger partial charge is 0.393 e. The van der Waals surface area contributed by atoms with Gasteiger partial charge in [-0.3, -0.25) is 4.68 Å². The van der Waals surface area contributed by atoms with Crippen LogP contribution in [0.4, 0.5) is 0 Å². The number of aliphatic hydroxyl groups is 1. The van der Waals surface area contributed by atoms with E-state index in [2.05, 4.69) is 5.10 Å². The first kappa shape index (κ1) is 8.27. The Balaban J connectivity index is 2.44. The lowest BCUT2D eigenvalue weighted by molar-refractivity contribution is 0.184. The van der Waals surface area contributed by atoms with Crippen molar-refractivity contribution >= 4 is 0 Å². The number of aromatic nitrogens is 2. The predicted molar refractivity (Wildman–Crippen MR) is 43.2 cm³/mol. The molecular formula is C8H14N2O. The molecule has 0 aliphatic heterocycles. The summed E-state index contributed by atoms with van der Waals surface area (Å²) in [6.45, 7) is 1.80. The van der Waals surface area contributed by atoms with Crippen molar-refractivity contribution in [1.82, 2.24) is 9.78 Å². The van der Waals surface area contributed by atoms with E-state index in [0.717, 1.165) is 12.8 Å². The zero-order valence-corrected chi connectivity index (χ0v) is 6.99. The zero-order chi connectivity index (χ0) is 8.27. The molecule has 0 amide bonds. The summed E-state index contributed by atoms with van der Waals surface area (Å²) in [5, 5.41) is 13.0. The fraction of sp³-hybridized carbons (Fsp3) is 0.625. The van der Waals surface area contributed by atoms with Crippen LogP contribution in [0.3, 0.4) is 0 Å². The Morgan fingerprint density at radius 1 is 1.73 bits per heavy atom. The Morgan fingerprint density at radius 3 is 2.91 bits per heavy atom. The maximum atomic E-state index is 9.01. The summed E-state index contributed by atoms with van der Waals surface area (Å²) in [5.74, 6) is 0. The van der Waals surface area contributed by atoms with E-state index < -0.39 is 0 Å². The predicted octanol–water partition coefficient (Wildman–Crippen LogP) is 0.734. The highest BCUT2D eigenvalue weighted by Crippen LogP contribution is 2.02. The van der Waals surface area contributed by atoms with Crippen LogP contribution in [0.2, 0.25) is 0 Å². The van der Waals surface area contributed by atoms with Gasteiger partial charge in [0.1, 0.15) is 0 Å². The van der Waals surface area contributed by atoms with E-state index in [1.54, 1.807) is 13.1 Å². The highest BCUT2D eigenvalue weighted by atomic mass is 16.3. The van der Waals surface area contributed by atoms with Gasteiger partial charge < -0.3 is 5.11 Å². The maximum absolute atomic E-state index is 9.01. The molecule has 0 bridgehead atoms. The Kier molecular flexibility index (Phi) is 2.65. The van der Waals surface area contributed by atoms with E-state index in [1.807, 2.05) is 17.8 Å². The van der Waals surface area contributed by atoms with Gasteiger partial charge in [0.15, 0.2) is 0 Å². The minimum atomic E-state index is -0.218. The summed E-state index contributed by atoms with van der Waals surface area (Å²) in [6, 6.07) is 1.97. The lowest BCUT2D eigenvalue weighted by Crippen LogP contribution is -2.04. The second-order valence-corrected chi connectivity index (χ2v) is 2.83. The van der Waals surface area contributed by atoms with E-state index in [1.165, 1.54) is 5.69 Å². The lowest BCUT2D eigenvalue weighted by atomic mass is 10.2. The van der Waals surface area contributed by atoms with Crippen molar-refractivity contribution in [3.8, 4) is 0 Å². The molecular weight excluding hydrogens is 140 g/mol. The molecule has 1 aromatic heterocycles. The third-order valence-corrected chi connectivity index (χ3v) is 1.74. The highest BCUT2D eigenvalue weighted by Gasteiger charge is 2.00. The molecule has 1 unspecified atom stereocenters. The normalized spacial score (nSPS) is 13.4. The molecule has 1 N–H and O–H groups in total. The Bertz CT molecular complexity index is 218. The Hall–Kier alpha value is -0.830. The summed E-state index contributed by atoms with van der Waals surface area (Å²) in [6.07, 6.45) is 3.26. The molecule has 1 rings (SSSR count). The quantitative estimate of drug-likeness (QED) is 0.697. The summed E-state index contributed by atoms with van der Waals surface area (Å²) in [5.41, 5.74) is 1.17. The van der Waals surface area contributed by atoms with E-state index in [4.69, 9.17) is 5.11 Å². The molecule has 0 saturated heterocycles. The van der Waals surface area contributed by atoms with Crippen molar-refractivity contribution in [1.29, 1.82) is 0 Å². The molecule has 0 radical (unpaired) electrons. The molecule has 0 aliphatic carbocycles. The minimum absolute atomic E-state index is 0.218. The average molecular weight is 154 g/mol. The number of aryl methyl sites for hydroxylation is 2. The lowest BCUT2D eigenvalue weighted by Gasteiger charge is -2.03. The van der Waals surface area contributed by atoms with Crippen LogP contribution in [0.1, 0.15) is 19.0 Å². The summed E-state index contributed by atoms with van der Waals surface area (Å²) < 4.78 is 1.84. The van der Waals surface area contributed by atoms with Crippen molar-refractivity contribution in [2.75, 3.05) is 0 Å². The van der Waals surface area contributed by atoms with Gasteiger partial charge in [0, 0.05) is 18.9 Å². The smallest absolute Gasteiger partial charge is 0.0515 e. The number of nitrogens with zero attached hydrogens (tertiary/aromatic N) is 2. The van der Waals surface area contributed by atoms with Gasteiger partial charge in [-0.2, -0.15) is 5.10 Å². The van der Waals surface area contributed by atoms with Crippen LogP contribution >= 0.6 is 0 Å². The summed E-state index contributed by atoms with van der Waals surface area (Å²) >= 11 is 0. The monoisotopic (exact) mass is 154 g/mol. The average Bonchev–Trinajstić information content (AvgIpc) is 2.31. The molecule has 0 aliphatic rings. The fourth-order valence-corrected chi connectivity index (χ4v) is 1.00. The van der Waals surface area contributed by atoms with Crippen LogP contribution in [0.25, 0.3) is 0 Å². The van der Waals surface area contributed by atoms with Gasteiger partial charge in [0.2, 0.25) is 0 Å². The second-order valence-electron chi connectivity index (χ2n) is 2.83. The molecule has 0 spiro atoms. The molecule has 0 saturated carbocycles. The van der Waals surface area contributed by atoms with Crippen molar-refractivity contribution in [3.63, 3.8) is 0 Å². The highest BCUT2D eigenvalue weighted by molar-refractivity contribution is 4.99. The molecule has 11 heavy (non-hydrogen) atoms. The minimum Gasteiger partial charge on any atom is -0.393 e. The van der Waals surface area contributed by atoms with Gasteiger partial charge >= 0.3 is 0 Å². The Morgan fingerprint density at radius 2 is 2.45 bits per heavy atom. The van der Waals surface area contributed by atoms with Gasteiger partial charge in [0.05, 0.1) is 6.10 Å².